The van der Waals surface area contributed by atoms with Gasteiger partial charge in [-0.15, -0.1) is 0 Å². The molecule has 8 atom stereocenters. The molecule has 12 heterocycles. The zero-order chi connectivity index (χ0) is 27.1. The Morgan fingerprint density at radius 2 is 1.17 bits per heavy atom. The van der Waals surface area contributed by atoms with Gasteiger partial charge in [-0.05, 0) is 0 Å². The van der Waals surface area contributed by atoms with Gasteiger partial charge in [-0.1, -0.05) is 0 Å². The van der Waals surface area contributed by atoms with Gasteiger partial charge in [-0.2, -0.15) is 0 Å². The SMILES string of the molecule is CC(C)(C)C(P)(C12CC3CC(CC(C3)C1)C2)[C]12[CH]3[CH]4[CH]5[C]1(C(P)(c1cccnc1)c1cccnc1)[Fe]45321678[CH]2[CH]1[CH]6[CH]7[CH]28. The van der Waals surface area contributed by atoms with Crippen LogP contribution in [0.2, 0.25) is 47.2 Å². The summed E-state index contributed by atoms with van der Waals surface area (Å²) in [6.45, 7) is 4.15. The molecule has 0 radical (unpaired) electrons. The summed E-state index contributed by atoms with van der Waals surface area (Å²) in [6.07, 6.45) is 18.0. The molecule has 4 aliphatic carbocycles. The van der Waals surface area contributed by atoms with E-state index in [9.17, 15) is 0 Å². The average Bonchev–Trinajstić information content (AvgIpc) is 3.90. The van der Waals surface area contributed by atoms with Crippen molar-refractivity contribution >= 4 is 18.5 Å². The summed E-state index contributed by atoms with van der Waals surface area (Å²) in [5.41, 5.74) is 3.88. The zero-order valence-corrected chi connectivity index (χ0v) is 28.0. The molecule has 8 unspecified atom stereocenters. The van der Waals surface area contributed by atoms with E-state index < -0.39 is 6.51 Å². The van der Waals surface area contributed by atoms with Crippen LogP contribution in [0.1, 0.15) is 70.4 Å². The summed E-state index contributed by atoms with van der Waals surface area (Å²) in [7, 11) is 7.75. The Balaban J connectivity index is 1.12. The number of nitrogens with zero attached hydrogens (tertiary/aromatic N) is 2. The van der Waals surface area contributed by atoms with Crippen molar-refractivity contribution < 1.29 is 6.51 Å². The first-order chi connectivity index (χ1) is 19.4. The Morgan fingerprint density at radius 1 is 0.707 bits per heavy atom. The van der Waals surface area contributed by atoms with Crippen molar-refractivity contribution in [1.82, 2.24) is 9.97 Å². The first-order valence-corrected chi connectivity index (χ1v) is 24.3. The van der Waals surface area contributed by atoms with Crippen LogP contribution >= 0.6 is 18.5 Å². The van der Waals surface area contributed by atoms with Crippen LogP contribution in [-0.4, -0.2) is 15.1 Å². The van der Waals surface area contributed by atoms with E-state index in [1.807, 2.05) is 12.4 Å². The Morgan fingerprint density at radius 3 is 1.54 bits per heavy atom. The summed E-state index contributed by atoms with van der Waals surface area (Å²) >= 11 is 0. The van der Waals surface area contributed by atoms with Crippen LogP contribution in [-0.2, 0) is 11.7 Å². The molecule has 4 bridgehead atoms. The van der Waals surface area contributed by atoms with Crippen LogP contribution in [0.3, 0.4) is 0 Å². The van der Waals surface area contributed by atoms with Crippen molar-refractivity contribution in [1.29, 1.82) is 0 Å². The second-order valence-electron chi connectivity index (χ2n) is 21.3. The number of hydrogen-bond donors (Lipinski definition) is 0. The quantitative estimate of drug-likeness (QED) is 0.245. The van der Waals surface area contributed by atoms with Crippen molar-refractivity contribution in [2.75, 3.05) is 0 Å². The summed E-state index contributed by atoms with van der Waals surface area (Å²) in [4.78, 5) is 19.6. The van der Waals surface area contributed by atoms with Gasteiger partial charge in [0.05, 0.1) is 0 Å². The molecule has 16 rings (SSSR count). The third-order valence-electron chi connectivity index (χ3n) is 24.3. The van der Waals surface area contributed by atoms with Gasteiger partial charge in [-0.25, -0.2) is 0 Å². The van der Waals surface area contributed by atoms with Crippen LogP contribution in [0.4, 0.5) is 0 Å². The predicted octanol–water partition coefficient (Wildman–Crippen LogP) is 9.60. The molecule has 0 aromatic carbocycles. The molecule has 2 nitrogen and oxygen atoms in total. The molecule has 2 aromatic rings. The molecular formula is C36H44FeN2P2. The van der Waals surface area contributed by atoms with Crippen molar-refractivity contribution in [3.8, 4) is 0 Å². The van der Waals surface area contributed by atoms with Crippen molar-refractivity contribution in [3.05, 3.63) is 60.2 Å². The minimum absolute atomic E-state index is 0.0186. The van der Waals surface area contributed by atoms with Gasteiger partial charge in [0.2, 0.25) is 0 Å². The molecule has 216 valence electrons. The van der Waals surface area contributed by atoms with Gasteiger partial charge in [0, 0.05) is 0 Å². The molecule has 41 heavy (non-hydrogen) atoms. The molecule has 1 spiro atoms. The molecule has 14 aliphatic rings. The van der Waals surface area contributed by atoms with E-state index in [1.54, 1.807) is 38.5 Å². The molecule has 10 saturated heterocycles. The van der Waals surface area contributed by atoms with Gasteiger partial charge in [0.15, 0.2) is 0 Å². The Hall–Kier alpha value is -0.321. The number of rotatable bonds is 5. The minimum atomic E-state index is -4.09. The fraction of sp³-hybridized carbons (Fsp3) is 0.722. The average molecular weight is 623 g/mol. The Labute approximate surface area is 239 Å². The van der Waals surface area contributed by atoms with Crippen LogP contribution in [0.25, 0.3) is 0 Å². The van der Waals surface area contributed by atoms with E-state index in [4.69, 9.17) is 9.97 Å². The van der Waals surface area contributed by atoms with E-state index in [0.29, 0.717) is 24.6 Å². The standard InChI is InChI=1S/C31H39N2P2.C5H5.Fe/c1-28(2,3)31(35,29-16-21-13-22(17-29)15-23(14-21)18-29)27-10-4-9-26(27)30(34,24-7-5-11-32-19-24)25-8-6-12-33-20-25;1-2-4-5-3-1;/h4-12,19-23H,13-18,34-35H2,1-3H3;1-5H;. The van der Waals surface area contributed by atoms with Gasteiger partial charge >= 0.3 is 240 Å². The van der Waals surface area contributed by atoms with Crippen molar-refractivity contribution in [3.63, 3.8) is 0 Å². The molecule has 0 N–H and O–H groups in total. The molecule has 2 aromatic heterocycles. The number of fused-ring (bicyclic) bond motifs is 10. The van der Waals surface area contributed by atoms with Crippen LogP contribution in [0.5, 0.6) is 0 Å². The van der Waals surface area contributed by atoms with E-state index >= 15 is 0 Å². The van der Waals surface area contributed by atoms with E-state index in [0.717, 1.165) is 22.6 Å². The van der Waals surface area contributed by atoms with Gasteiger partial charge in [0.1, 0.15) is 0 Å². The summed E-state index contributed by atoms with van der Waals surface area (Å²) in [6, 6.07) is 9.47. The number of aromatic nitrogens is 2. The van der Waals surface area contributed by atoms with Crippen LogP contribution < -0.4 is 0 Å². The molecule has 14 fully saturated rings. The first kappa shape index (κ1) is 21.4. The molecular weight excluding hydrogens is 578 g/mol. The maximum absolute atomic E-state index is 4.86. The van der Waals surface area contributed by atoms with Crippen LogP contribution in [0.15, 0.2) is 49.1 Å². The van der Waals surface area contributed by atoms with Gasteiger partial charge in [-0.3, -0.25) is 0 Å². The Bertz CT molecular complexity index is 2020. The van der Waals surface area contributed by atoms with E-state index in [2.05, 4.69) is 75.9 Å². The molecule has 5 heteroatoms. The van der Waals surface area contributed by atoms with Gasteiger partial charge < -0.3 is 0 Å². The van der Waals surface area contributed by atoms with Crippen LogP contribution in [0, 0.1) is 28.6 Å². The predicted molar refractivity (Wildman–Crippen MR) is 167 cm³/mol. The fourth-order valence-corrected chi connectivity index (χ4v) is 112. The van der Waals surface area contributed by atoms with Crippen molar-refractivity contribution in [2.45, 2.75) is 117 Å². The summed E-state index contributed by atoms with van der Waals surface area (Å²) in [5.74, 6) is 3.06. The monoisotopic (exact) mass is 622 g/mol. The third-order valence-corrected chi connectivity index (χ3v) is 71.0. The Kier molecular flexibility index (Phi) is 1.68. The second-order valence-corrected chi connectivity index (χ2v) is 46.2. The van der Waals surface area contributed by atoms with E-state index in [-0.39, 0.29) is 5.16 Å². The topological polar surface area (TPSA) is 25.8 Å². The number of pyridine rings is 2. The molecule has 4 saturated carbocycles. The van der Waals surface area contributed by atoms with E-state index in [1.165, 1.54) is 44.8 Å². The normalized spacial score (nSPS) is 73.9. The van der Waals surface area contributed by atoms with Gasteiger partial charge in [0.25, 0.3) is 0 Å². The second kappa shape index (κ2) is 3.22. The zero-order valence-electron chi connectivity index (χ0n) is 24.6. The fourth-order valence-electron chi connectivity index (χ4n) is 26.9. The number of hydrogen-bond acceptors (Lipinski definition) is 2. The maximum atomic E-state index is 4.86. The summed E-state index contributed by atoms with van der Waals surface area (Å²) < 4.78 is 1.20. The molecule has 0 amide bonds. The van der Waals surface area contributed by atoms with Crippen molar-refractivity contribution in [2.24, 2.45) is 28.6 Å². The molecule has 10 aliphatic heterocycles. The summed E-state index contributed by atoms with van der Waals surface area (Å²) in [5, 5.41) is 0.356. The third kappa shape index (κ3) is 0.558. The first-order valence-electron chi connectivity index (χ1n) is 17.0.